The van der Waals surface area contributed by atoms with Crippen molar-refractivity contribution in [3.8, 4) is 0 Å². The standard InChI is InChI=1S/C15H22FNO2/c1-11(12-7-5-6-8-13(12)16)17-10-9-14(18)19-15(2,3)4/h5-8,11,17H,9-10H2,1-4H3. The Morgan fingerprint density at radius 3 is 2.58 bits per heavy atom. The van der Waals surface area contributed by atoms with Gasteiger partial charge in [0.15, 0.2) is 0 Å². The van der Waals surface area contributed by atoms with Crippen LogP contribution in [0.3, 0.4) is 0 Å². The van der Waals surface area contributed by atoms with E-state index in [1.54, 1.807) is 18.2 Å². The normalized spacial score (nSPS) is 13.1. The minimum absolute atomic E-state index is 0.136. The fraction of sp³-hybridized carbons (Fsp3) is 0.533. The number of carbonyl (C=O) groups is 1. The number of carbonyl (C=O) groups excluding carboxylic acids is 1. The van der Waals surface area contributed by atoms with E-state index in [1.165, 1.54) is 6.07 Å². The molecule has 1 N–H and O–H groups in total. The summed E-state index contributed by atoms with van der Waals surface area (Å²) in [5.41, 5.74) is 0.139. The molecule has 106 valence electrons. The van der Waals surface area contributed by atoms with E-state index < -0.39 is 5.60 Å². The first-order valence-electron chi connectivity index (χ1n) is 6.49. The zero-order valence-electron chi connectivity index (χ0n) is 12.0. The monoisotopic (exact) mass is 267 g/mol. The largest absolute Gasteiger partial charge is 0.460 e. The topological polar surface area (TPSA) is 38.3 Å². The third-order valence-corrected chi connectivity index (χ3v) is 2.57. The van der Waals surface area contributed by atoms with Crippen LogP contribution in [0.1, 0.15) is 45.7 Å². The van der Waals surface area contributed by atoms with E-state index in [-0.39, 0.29) is 24.2 Å². The zero-order valence-corrected chi connectivity index (χ0v) is 12.0. The summed E-state index contributed by atoms with van der Waals surface area (Å²) in [6.07, 6.45) is 0.274. The average Bonchev–Trinajstić information content (AvgIpc) is 2.26. The van der Waals surface area contributed by atoms with Crippen molar-refractivity contribution in [3.63, 3.8) is 0 Å². The molecule has 0 aliphatic heterocycles. The molecule has 0 fully saturated rings. The molecule has 1 unspecified atom stereocenters. The summed E-state index contributed by atoms with van der Waals surface area (Å²) < 4.78 is 18.7. The van der Waals surface area contributed by atoms with Crippen LogP contribution in [0.25, 0.3) is 0 Å². The van der Waals surface area contributed by atoms with Gasteiger partial charge in [-0.1, -0.05) is 18.2 Å². The van der Waals surface area contributed by atoms with Crippen LogP contribution < -0.4 is 5.32 Å². The quantitative estimate of drug-likeness (QED) is 0.832. The Bertz CT molecular complexity index is 426. The molecule has 0 bridgehead atoms. The Morgan fingerprint density at radius 2 is 2.00 bits per heavy atom. The molecule has 1 aromatic rings. The second kappa shape index (κ2) is 6.66. The number of rotatable bonds is 5. The fourth-order valence-electron chi connectivity index (χ4n) is 1.72. The van der Waals surface area contributed by atoms with Crippen molar-refractivity contribution >= 4 is 5.97 Å². The van der Waals surface area contributed by atoms with Gasteiger partial charge in [-0.05, 0) is 33.8 Å². The summed E-state index contributed by atoms with van der Waals surface area (Å²) in [4.78, 5) is 11.5. The van der Waals surface area contributed by atoms with Crippen LogP contribution in [0.5, 0.6) is 0 Å². The molecular weight excluding hydrogens is 245 g/mol. The molecule has 3 nitrogen and oxygen atoms in total. The second-order valence-electron chi connectivity index (χ2n) is 5.53. The van der Waals surface area contributed by atoms with E-state index in [1.807, 2.05) is 27.7 Å². The highest BCUT2D eigenvalue weighted by Gasteiger charge is 2.16. The predicted molar refractivity (Wildman–Crippen MR) is 73.3 cm³/mol. The first-order valence-corrected chi connectivity index (χ1v) is 6.49. The van der Waals surface area contributed by atoms with Crippen molar-refractivity contribution in [2.75, 3.05) is 6.54 Å². The molecular formula is C15H22FNO2. The van der Waals surface area contributed by atoms with Gasteiger partial charge in [-0.2, -0.15) is 0 Å². The van der Waals surface area contributed by atoms with Gasteiger partial charge in [-0.25, -0.2) is 4.39 Å². The van der Waals surface area contributed by atoms with Crippen molar-refractivity contribution < 1.29 is 13.9 Å². The third kappa shape index (κ3) is 5.83. The first kappa shape index (κ1) is 15.6. The van der Waals surface area contributed by atoms with Crippen molar-refractivity contribution in [3.05, 3.63) is 35.6 Å². The maximum Gasteiger partial charge on any atom is 0.307 e. The molecule has 0 aromatic heterocycles. The summed E-state index contributed by atoms with van der Waals surface area (Å²) >= 11 is 0. The second-order valence-corrected chi connectivity index (χ2v) is 5.53. The lowest BCUT2D eigenvalue weighted by atomic mass is 10.1. The highest BCUT2D eigenvalue weighted by Crippen LogP contribution is 2.16. The van der Waals surface area contributed by atoms with E-state index in [0.717, 1.165) is 0 Å². The number of nitrogens with one attached hydrogen (secondary N) is 1. The molecule has 0 spiro atoms. The number of ether oxygens (including phenoxy) is 1. The molecule has 0 saturated heterocycles. The van der Waals surface area contributed by atoms with Crippen LogP contribution >= 0.6 is 0 Å². The average molecular weight is 267 g/mol. The van der Waals surface area contributed by atoms with Crippen molar-refractivity contribution in [2.24, 2.45) is 0 Å². The Balaban J connectivity index is 2.38. The summed E-state index contributed by atoms with van der Waals surface area (Å²) in [5, 5.41) is 3.12. The lowest BCUT2D eigenvalue weighted by Gasteiger charge is -2.20. The summed E-state index contributed by atoms with van der Waals surface area (Å²) in [6, 6.07) is 6.49. The smallest absolute Gasteiger partial charge is 0.307 e. The van der Waals surface area contributed by atoms with Gasteiger partial charge in [0.05, 0.1) is 6.42 Å². The van der Waals surface area contributed by atoms with Gasteiger partial charge in [0.2, 0.25) is 0 Å². The Labute approximate surface area is 114 Å². The van der Waals surface area contributed by atoms with E-state index >= 15 is 0 Å². The summed E-state index contributed by atoms with van der Waals surface area (Å²) in [5.74, 6) is -0.486. The minimum atomic E-state index is -0.464. The number of esters is 1. The highest BCUT2D eigenvalue weighted by atomic mass is 19.1. The minimum Gasteiger partial charge on any atom is -0.460 e. The van der Waals surface area contributed by atoms with E-state index in [2.05, 4.69) is 5.32 Å². The lowest BCUT2D eigenvalue weighted by molar-refractivity contribution is -0.154. The van der Waals surface area contributed by atoms with E-state index in [0.29, 0.717) is 12.1 Å². The molecule has 0 radical (unpaired) electrons. The molecule has 19 heavy (non-hydrogen) atoms. The molecule has 1 aromatic carbocycles. The molecule has 0 saturated carbocycles. The van der Waals surface area contributed by atoms with Crippen LogP contribution in [0, 0.1) is 5.82 Å². The van der Waals surface area contributed by atoms with Gasteiger partial charge in [0.1, 0.15) is 11.4 Å². The number of hydrogen-bond donors (Lipinski definition) is 1. The molecule has 0 amide bonds. The Hall–Kier alpha value is -1.42. The van der Waals surface area contributed by atoms with Gasteiger partial charge in [0.25, 0.3) is 0 Å². The first-order chi connectivity index (χ1) is 8.79. The maximum atomic E-state index is 13.5. The highest BCUT2D eigenvalue weighted by molar-refractivity contribution is 5.70. The number of hydrogen-bond acceptors (Lipinski definition) is 3. The summed E-state index contributed by atoms with van der Waals surface area (Å²) in [6.45, 7) is 7.83. The summed E-state index contributed by atoms with van der Waals surface area (Å²) in [7, 11) is 0. The van der Waals surface area contributed by atoms with E-state index in [4.69, 9.17) is 4.74 Å². The number of halogens is 1. The van der Waals surface area contributed by atoms with Gasteiger partial charge < -0.3 is 10.1 Å². The molecule has 0 aliphatic carbocycles. The molecule has 1 rings (SSSR count). The molecule has 0 aliphatic rings. The zero-order chi connectivity index (χ0) is 14.5. The van der Waals surface area contributed by atoms with Crippen molar-refractivity contribution in [2.45, 2.75) is 45.8 Å². The predicted octanol–water partition coefficient (Wildman–Crippen LogP) is 3.21. The van der Waals surface area contributed by atoms with Crippen molar-refractivity contribution in [1.29, 1.82) is 0 Å². The SMILES string of the molecule is CC(NCCC(=O)OC(C)(C)C)c1ccccc1F. The lowest BCUT2D eigenvalue weighted by Crippen LogP contribution is -2.28. The van der Waals surface area contributed by atoms with Gasteiger partial charge in [-0.15, -0.1) is 0 Å². The molecule has 0 heterocycles. The molecule has 4 heteroatoms. The Kier molecular flexibility index (Phi) is 5.48. The van der Waals surface area contributed by atoms with Crippen LogP contribution in [-0.4, -0.2) is 18.1 Å². The van der Waals surface area contributed by atoms with Crippen LogP contribution in [-0.2, 0) is 9.53 Å². The van der Waals surface area contributed by atoms with Crippen LogP contribution in [0.2, 0.25) is 0 Å². The van der Waals surface area contributed by atoms with E-state index in [9.17, 15) is 9.18 Å². The molecule has 1 atom stereocenters. The van der Waals surface area contributed by atoms with Crippen LogP contribution in [0.15, 0.2) is 24.3 Å². The van der Waals surface area contributed by atoms with Gasteiger partial charge >= 0.3 is 5.97 Å². The fourth-order valence-corrected chi connectivity index (χ4v) is 1.72. The van der Waals surface area contributed by atoms with Crippen LogP contribution in [0.4, 0.5) is 4.39 Å². The van der Waals surface area contributed by atoms with Gasteiger partial charge in [0, 0.05) is 18.2 Å². The van der Waals surface area contributed by atoms with Crippen molar-refractivity contribution in [1.82, 2.24) is 5.32 Å². The van der Waals surface area contributed by atoms with Gasteiger partial charge in [-0.3, -0.25) is 4.79 Å². The third-order valence-electron chi connectivity index (χ3n) is 2.57. The maximum absolute atomic E-state index is 13.5. The Morgan fingerprint density at radius 1 is 1.37 bits per heavy atom. The number of benzene rings is 1.